The van der Waals surface area contributed by atoms with Crippen molar-refractivity contribution in [3.63, 3.8) is 0 Å². The standard InChI is InChI=1S/C20H21FN4O5/c1-23(2)17(13-4-3-5-14(21)8-13)10-22-19(26)11-24-16-9-15(25(28)29)6-7-18(16)30-12-20(24)27/h3-9,17H,10-12H2,1-2H3,(H,22,26). The molecule has 1 atom stereocenters. The first kappa shape index (κ1) is 21.2. The molecule has 0 aliphatic carbocycles. The van der Waals surface area contributed by atoms with Crippen LogP contribution in [0.5, 0.6) is 5.75 Å². The zero-order valence-electron chi connectivity index (χ0n) is 16.5. The first-order valence-electron chi connectivity index (χ1n) is 9.16. The van der Waals surface area contributed by atoms with Gasteiger partial charge in [0.05, 0.1) is 16.7 Å². The number of amides is 2. The first-order valence-corrected chi connectivity index (χ1v) is 9.16. The lowest BCUT2D eigenvalue weighted by Gasteiger charge is -2.29. The van der Waals surface area contributed by atoms with Crippen LogP contribution in [0.25, 0.3) is 0 Å². The Hall–Kier alpha value is -3.53. The summed E-state index contributed by atoms with van der Waals surface area (Å²) < 4.78 is 18.9. The van der Waals surface area contributed by atoms with Crippen LogP contribution >= 0.6 is 0 Å². The molecule has 0 radical (unpaired) electrons. The van der Waals surface area contributed by atoms with Crippen molar-refractivity contribution in [2.45, 2.75) is 6.04 Å². The highest BCUT2D eigenvalue weighted by Gasteiger charge is 2.29. The number of rotatable bonds is 7. The molecule has 3 rings (SSSR count). The van der Waals surface area contributed by atoms with E-state index < -0.39 is 16.7 Å². The number of hydrogen-bond donors (Lipinski definition) is 1. The van der Waals surface area contributed by atoms with Crippen LogP contribution < -0.4 is 15.0 Å². The van der Waals surface area contributed by atoms with Gasteiger partial charge in [-0.3, -0.25) is 24.6 Å². The number of nitrogens with one attached hydrogen (secondary N) is 1. The second-order valence-corrected chi connectivity index (χ2v) is 7.02. The molecule has 0 saturated heterocycles. The third-order valence-corrected chi connectivity index (χ3v) is 4.75. The van der Waals surface area contributed by atoms with Gasteiger partial charge in [0.15, 0.2) is 6.61 Å². The topological polar surface area (TPSA) is 105 Å². The monoisotopic (exact) mass is 416 g/mol. The molecule has 1 unspecified atom stereocenters. The SMILES string of the molecule is CN(C)C(CNC(=O)CN1C(=O)COc2ccc([N+](=O)[O-])cc21)c1cccc(F)c1. The Labute approximate surface area is 172 Å². The van der Waals surface area contributed by atoms with E-state index in [1.165, 1.54) is 30.3 Å². The van der Waals surface area contributed by atoms with E-state index in [0.717, 1.165) is 4.90 Å². The Morgan fingerprint density at radius 2 is 2.10 bits per heavy atom. The smallest absolute Gasteiger partial charge is 0.271 e. The minimum Gasteiger partial charge on any atom is -0.482 e. The maximum absolute atomic E-state index is 13.6. The predicted molar refractivity (Wildman–Crippen MR) is 107 cm³/mol. The highest BCUT2D eigenvalue weighted by atomic mass is 19.1. The Balaban J connectivity index is 1.72. The number of non-ortho nitro benzene ring substituents is 1. The van der Waals surface area contributed by atoms with Crippen molar-refractivity contribution >= 4 is 23.2 Å². The number of fused-ring (bicyclic) bond motifs is 1. The van der Waals surface area contributed by atoms with Crippen LogP contribution in [0.4, 0.5) is 15.8 Å². The van der Waals surface area contributed by atoms with E-state index in [1.807, 2.05) is 19.0 Å². The molecule has 1 aliphatic rings. The van der Waals surface area contributed by atoms with E-state index in [4.69, 9.17) is 4.74 Å². The fourth-order valence-electron chi connectivity index (χ4n) is 3.20. The molecule has 2 amide bonds. The average molecular weight is 416 g/mol. The zero-order valence-corrected chi connectivity index (χ0v) is 16.5. The maximum atomic E-state index is 13.6. The number of ether oxygens (including phenoxy) is 1. The number of carbonyl (C=O) groups is 2. The number of nitro groups is 1. The summed E-state index contributed by atoms with van der Waals surface area (Å²) in [6.07, 6.45) is 0. The van der Waals surface area contributed by atoms with Gasteiger partial charge in [0.2, 0.25) is 5.91 Å². The summed E-state index contributed by atoms with van der Waals surface area (Å²) in [6, 6.07) is 9.70. The molecule has 0 aromatic heterocycles. The molecule has 1 N–H and O–H groups in total. The summed E-state index contributed by atoms with van der Waals surface area (Å²) in [5, 5.41) is 13.8. The highest BCUT2D eigenvalue weighted by molar-refractivity contribution is 6.02. The van der Waals surface area contributed by atoms with Crippen molar-refractivity contribution in [3.8, 4) is 5.75 Å². The molecule has 0 spiro atoms. The quantitative estimate of drug-likeness (QED) is 0.546. The number of halogens is 1. The zero-order chi connectivity index (χ0) is 21.8. The lowest BCUT2D eigenvalue weighted by Crippen LogP contribution is -2.46. The summed E-state index contributed by atoms with van der Waals surface area (Å²) in [5.74, 6) is -1.01. The fourth-order valence-corrected chi connectivity index (χ4v) is 3.20. The second-order valence-electron chi connectivity index (χ2n) is 7.02. The molecule has 2 aromatic carbocycles. The van der Waals surface area contributed by atoms with Gasteiger partial charge in [0.25, 0.3) is 11.6 Å². The molecule has 158 valence electrons. The van der Waals surface area contributed by atoms with Crippen LogP contribution in [0.2, 0.25) is 0 Å². The molecule has 0 bridgehead atoms. The molecule has 10 heteroatoms. The van der Waals surface area contributed by atoms with E-state index >= 15 is 0 Å². The minimum absolute atomic E-state index is 0.171. The summed E-state index contributed by atoms with van der Waals surface area (Å²) in [5.41, 5.74) is 0.657. The van der Waals surface area contributed by atoms with Crippen LogP contribution in [0.1, 0.15) is 11.6 Å². The van der Waals surface area contributed by atoms with Gasteiger partial charge in [0, 0.05) is 18.7 Å². The van der Waals surface area contributed by atoms with Crippen molar-refractivity contribution in [1.29, 1.82) is 0 Å². The lowest BCUT2D eigenvalue weighted by molar-refractivity contribution is -0.384. The minimum atomic E-state index is -0.585. The van der Waals surface area contributed by atoms with E-state index in [0.29, 0.717) is 11.3 Å². The number of carbonyl (C=O) groups excluding carboxylic acids is 2. The number of nitrogens with zero attached hydrogens (tertiary/aromatic N) is 3. The van der Waals surface area contributed by atoms with Crippen LogP contribution in [0.3, 0.4) is 0 Å². The van der Waals surface area contributed by atoms with Crippen LogP contribution in [0.15, 0.2) is 42.5 Å². The van der Waals surface area contributed by atoms with Crippen LogP contribution in [-0.2, 0) is 9.59 Å². The summed E-state index contributed by atoms with van der Waals surface area (Å²) >= 11 is 0. The van der Waals surface area contributed by atoms with Crippen molar-refractivity contribution in [3.05, 3.63) is 64.0 Å². The van der Waals surface area contributed by atoms with Gasteiger partial charge < -0.3 is 15.0 Å². The lowest BCUT2D eigenvalue weighted by atomic mass is 10.1. The van der Waals surface area contributed by atoms with Crippen molar-refractivity contribution < 1.29 is 23.6 Å². The highest BCUT2D eigenvalue weighted by Crippen LogP contribution is 2.35. The number of hydrogen-bond acceptors (Lipinski definition) is 6. The molecule has 1 aliphatic heterocycles. The Kier molecular flexibility index (Phi) is 6.26. The maximum Gasteiger partial charge on any atom is 0.271 e. The van der Waals surface area contributed by atoms with Crippen LogP contribution in [0, 0.1) is 15.9 Å². The average Bonchev–Trinajstić information content (AvgIpc) is 2.69. The molecular weight excluding hydrogens is 395 g/mol. The first-order chi connectivity index (χ1) is 14.3. The number of nitro benzene ring substituents is 1. The Morgan fingerprint density at radius 1 is 1.33 bits per heavy atom. The summed E-state index contributed by atoms with van der Waals surface area (Å²) in [7, 11) is 3.62. The second kappa shape index (κ2) is 8.87. The van der Waals surface area contributed by atoms with Gasteiger partial charge in [-0.05, 0) is 37.9 Å². The Morgan fingerprint density at radius 3 is 2.77 bits per heavy atom. The van der Waals surface area contributed by atoms with E-state index in [9.17, 15) is 24.1 Å². The third-order valence-electron chi connectivity index (χ3n) is 4.75. The normalized spacial score (nSPS) is 14.1. The predicted octanol–water partition coefficient (Wildman–Crippen LogP) is 1.88. The molecular formula is C20H21FN4O5. The fraction of sp³-hybridized carbons (Fsp3) is 0.300. The van der Waals surface area contributed by atoms with Crippen molar-refractivity contribution in [2.24, 2.45) is 0 Å². The van der Waals surface area contributed by atoms with E-state index in [-0.39, 0.29) is 42.9 Å². The summed E-state index contributed by atoms with van der Waals surface area (Å²) in [4.78, 5) is 38.3. The van der Waals surface area contributed by atoms with Gasteiger partial charge in [-0.25, -0.2) is 4.39 Å². The van der Waals surface area contributed by atoms with E-state index in [2.05, 4.69) is 5.32 Å². The molecule has 9 nitrogen and oxygen atoms in total. The third kappa shape index (κ3) is 4.71. The van der Waals surface area contributed by atoms with Gasteiger partial charge in [-0.1, -0.05) is 12.1 Å². The molecule has 1 heterocycles. The molecule has 0 fully saturated rings. The number of anilines is 1. The molecule has 30 heavy (non-hydrogen) atoms. The molecule has 2 aromatic rings. The van der Waals surface area contributed by atoms with Crippen LogP contribution in [-0.4, -0.2) is 55.4 Å². The van der Waals surface area contributed by atoms with Gasteiger partial charge in [-0.15, -0.1) is 0 Å². The van der Waals surface area contributed by atoms with E-state index in [1.54, 1.807) is 12.1 Å². The number of benzene rings is 2. The molecule has 0 saturated carbocycles. The van der Waals surface area contributed by atoms with Gasteiger partial charge >= 0.3 is 0 Å². The number of likely N-dealkylation sites (N-methyl/N-ethyl adjacent to an activating group) is 1. The van der Waals surface area contributed by atoms with Gasteiger partial charge in [-0.2, -0.15) is 0 Å². The summed E-state index contributed by atoms with van der Waals surface area (Å²) in [6.45, 7) is -0.392. The largest absolute Gasteiger partial charge is 0.482 e. The van der Waals surface area contributed by atoms with Crippen molar-refractivity contribution in [2.75, 3.05) is 38.7 Å². The van der Waals surface area contributed by atoms with Gasteiger partial charge in [0.1, 0.15) is 18.1 Å². The van der Waals surface area contributed by atoms with Crippen molar-refractivity contribution in [1.82, 2.24) is 10.2 Å². The Bertz CT molecular complexity index is 981.